The molecule has 0 spiro atoms. The Bertz CT molecular complexity index is 1560. The van der Waals surface area contributed by atoms with E-state index < -0.39 is 0 Å². The Labute approximate surface area is 213 Å². The summed E-state index contributed by atoms with van der Waals surface area (Å²) in [6, 6.07) is 15.9. The summed E-state index contributed by atoms with van der Waals surface area (Å²) in [5.74, 6) is 1.16. The van der Waals surface area contributed by atoms with Gasteiger partial charge in [-0.1, -0.05) is 25.1 Å². The molecule has 37 heavy (non-hydrogen) atoms. The zero-order valence-electron chi connectivity index (χ0n) is 21.1. The molecule has 0 aliphatic carbocycles. The highest BCUT2D eigenvalue weighted by molar-refractivity contribution is 5.83. The third-order valence-electron chi connectivity index (χ3n) is 6.63. The third-order valence-corrected chi connectivity index (χ3v) is 6.63. The number of pyridine rings is 1. The van der Waals surface area contributed by atoms with Crippen LogP contribution in [0.15, 0.2) is 70.1 Å². The van der Waals surface area contributed by atoms with Gasteiger partial charge in [0.15, 0.2) is 5.82 Å². The van der Waals surface area contributed by atoms with Crippen LogP contribution in [0.4, 0.5) is 4.39 Å². The normalized spacial score (nSPS) is 12.5. The number of furan rings is 1. The number of hydrogen-bond acceptors (Lipinski definition) is 6. The highest BCUT2D eigenvalue weighted by atomic mass is 19.1. The van der Waals surface area contributed by atoms with E-state index in [9.17, 15) is 9.18 Å². The van der Waals surface area contributed by atoms with Crippen LogP contribution in [0.5, 0.6) is 0 Å². The minimum Gasteiger partial charge on any atom is -0.468 e. The van der Waals surface area contributed by atoms with E-state index in [0.29, 0.717) is 37.4 Å². The molecule has 2 aromatic carbocycles. The van der Waals surface area contributed by atoms with Crippen LogP contribution in [0, 0.1) is 19.7 Å². The first-order chi connectivity index (χ1) is 17.9. The number of H-pyrrole nitrogens is 1. The molecule has 5 rings (SSSR count). The van der Waals surface area contributed by atoms with E-state index in [-0.39, 0.29) is 17.4 Å². The average molecular weight is 501 g/mol. The Morgan fingerprint density at radius 3 is 2.65 bits per heavy atom. The van der Waals surface area contributed by atoms with E-state index in [1.807, 2.05) is 31.2 Å². The van der Waals surface area contributed by atoms with Gasteiger partial charge in [-0.05, 0) is 83.8 Å². The number of hydrogen-bond donors (Lipinski definition) is 1. The van der Waals surface area contributed by atoms with E-state index >= 15 is 0 Å². The van der Waals surface area contributed by atoms with Crippen molar-refractivity contribution in [3.05, 3.63) is 111 Å². The van der Waals surface area contributed by atoms with Crippen molar-refractivity contribution in [1.29, 1.82) is 0 Å². The van der Waals surface area contributed by atoms with Gasteiger partial charge in [-0.3, -0.25) is 9.69 Å². The Morgan fingerprint density at radius 1 is 1.11 bits per heavy atom. The molecule has 9 heteroatoms. The molecule has 0 bridgehead atoms. The number of nitrogens with one attached hydrogen (secondary N) is 1. The Morgan fingerprint density at radius 2 is 1.92 bits per heavy atom. The van der Waals surface area contributed by atoms with E-state index in [4.69, 9.17) is 4.42 Å². The fourth-order valence-electron chi connectivity index (χ4n) is 4.86. The first kappa shape index (κ1) is 24.6. The Kier molecular flexibility index (Phi) is 6.96. The summed E-state index contributed by atoms with van der Waals surface area (Å²) in [7, 11) is 0. The Hall–Kier alpha value is -4.11. The number of aryl methyl sites for hydroxylation is 2. The van der Waals surface area contributed by atoms with Gasteiger partial charge in [-0.15, -0.1) is 5.10 Å². The van der Waals surface area contributed by atoms with Gasteiger partial charge in [-0.25, -0.2) is 9.07 Å². The lowest BCUT2D eigenvalue weighted by molar-refractivity contribution is 0.149. The summed E-state index contributed by atoms with van der Waals surface area (Å²) in [6.45, 7) is 7.39. The zero-order chi connectivity index (χ0) is 25.9. The second-order valence-electron chi connectivity index (χ2n) is 9.40. The molecule has 0 aliphatic rings. The maximum atomic E-state index is 13.4. The molecule has 1 atom stereocenters. The summed E-state index contributed by atoms with van der Waals surface area (Å²) in [6.07, 6.45) is 2.34. The van der Waals surface area contributed by atoms with Crippen molar-refractivity contribution in [1.82, 2.24) is 30.1 Å². The quantitative estimate of drug-likeness (QED) is 0.304. The Balaban J connectivity index is 1.51. The van der Waals surface area contributed by atoms with Gasteiger partial charge in [0, 0.05) is 23.0 Å². The van der Waals surface area contributed by atoms with Gasteiger partial charge in [0.2, 0.25) is 0 Å². The van der Waals surface area contributed by atoms with Crippen LogP contribution in [-0.4, -0.2) is 30.1 Å². The summed E-state index contributed by atoms with van der Waals surface area (Å²) >= 11 is 0. The van der Waals surface area contributed by atoms with Gasteiger partial charge >= 0.3 is 0 Å². The number of nitrogens with zero attached hydrogens (tertiary/aromatic N) is 5. The SMILES string of the molecule is CC[C@H](c1nnnn1Cc1ccc(F)cc1)N(Cc1ccco1)Cc1cc2c(C)cc(C)cc2[nH]c1=O. The molecule has 3 heterocycles. The van der Waals surface area contributed by atoms with Crippen molar-refractivity contribution < 1.29 is 8.81 Å². The van der Waals surface area contributed by atoms with Gasteiger partial charge in [0.25, 0.3) is 5.56 Å². The molecule has 0 saturated carbocycles. The number of benzene rings is 2. The number of aromatic amines is 1. The lowest BCUT2D eigenvalue weighted by atomic mass is 10.0. The molecular weight excluding hydrogens is 471 g/mol. The van der Waals surface area contributed by atoms with Crippen molar-refractivity contribution in [2.75, 3.05) is 0 Å². The number of aromatic nitrogens is 5. The summed E-state index contributed by atoms with van der Waals surface area (Å²) in [5, 5.41) is 13.5. The molecule has 3 aromatic heterocycles. The van der Waals surface area contributed by atoms with E-state index in [1.165, 1.54) is 12.1 Å². The van der Waals surface area contributed by atoms with Crippen LogP contribution in [-0.2, 0) is 19.6 Å². The predicted octanol–water partition coefficient (Wildman–Crippen LogP) is 5.07. The van der Waals surface area contributed by atoms with Crippen LogP contribution < -0.4 is 5.56 Å². The minimum absolute atomic E-state index is 0.122. The predicted molar refractivity (Wildman–Crippen MR) is 138 cm³/mol. The standard InChI is InChI=1S/C28H29FN6O2/c1-4-26(27-31-32-33-35(27)15-20-7-9-22(29)10-8-20)34(17-23-6-5-11-37-23)16-21-14-24-19(3)12-18(2)13-25(24)30-28(21)36/h5-14,26H,4,15-17H2,1-3H3,(H,30,36)/t26-/m1/s1. The molecule has 0 fully saturated rings. The molecule has 5 aromatic rings. The van der Waals surface area contributed by atoms with E-state index in [0.717, 1.165) is 33.4 Å². The first-order valence-electron chi connectivity index (χ1n) is 12.3. The highest BCUT2D eigenvalue weighted by Gasteiger charge is 2.27. The van der Waals surface area contributed by atoms with Gasteiger partial charge in [0.1, 0.15) is 11.6 Å². The summed E-state index contributed by atoms with van der Waals surface area (Å²) in [4.78, 5) is 18.4. The lowest BCUT2D eigenvalue weighted by Crippen LogP contribution is -2.32. The number of halogens is 1. The second kappa shape index (κ2) is 10.5. The van der Waals surface area contributed by atoms with Gasteiger partial charge in [0.05, 0.1) is 25.4 Å². The topological polar surface area (TPSA) is 92.8 Å². The van der Waals surface area contributed by atoms with Crippen molar-refractivity contribution in [3.63, 3.8) is 0 Å². The smallest absolute Gasteiger partial charge is 0.252 e. The van der Waals surface area contributed by atoms with E-state index in [1.54, 1.807) is 23.1 Å². The van der Waals surface area contributed by atoms with Crippen molar-refractivity contribution >= 4 is 10.9 Å². The fraction of sp³-hybridized carbons (Fsp3) is 0.286. The number of fused-ring (bicyclic) bond motifs is 1. The molecule has 0 unspecified atom stereocenters. The monoisotopic (exact) mass is 500 g/mol. The maximum absolute atomic E-state index is 13.4. The van der Waals surface area contributed by atoms with Gasteiger partial charge in [-0.2, -0.15) is 0 Å². The summed E-state index contributed by atoms with van der Waals surface area (Å²) in [5.41, 5.74) is 4.47. The minimum atomic E-state index is -0.289. The molecule has 0 aliphatic heterocycles. The van der Waals surface area contributed by atoms with Crippen molar-refractivity contribution in [2.24, 2.45) is 0 Å². The fourth-order valence-corrected chi connectivity index (χ4v) is 4.86. The van der Waals surface area contributed by atoms with Crippen molar-refractivity contribution in [2.45, 2.75) is 52.9 Å². The average Bonchev–Trinajstić information content (AvgIpc) is 3.54. The van der Waals surface area contributed by atoms with Crippen LogP contribution in [0.25, 0.3) is 10.9 Å². The van der Waals surface area contributed by atoms with Crippen LogP contribution in [0.1, 0.15) is 53.2 Å². The molecule has 0 saturated heterocycles. The largest absolute Gasteiger partial charge is 0.468 e. The first-order valence-corrected chi connectivity index (χ1v) is 12.3. The zero-order valence-corrected chi connectivity index (χ0v) is 21.1. The summed E-state index contributed by atoms with van der Waals surface area (Å²) < 4.78 is 20.8. The molecule has 190 valence electrons. The van der Waals surface area contributed by atoms with Crippen LogP contribution in [0.2, 0.25) is 0 Å². The van der Waals surface area contributed by atoms with Crippen LogP contribution in [0.3, 0.4) is 0 Å². The molecule has 1 N–H and O–H groups in total. The maximum Gasteiger partial charge on any atom is 0.252 e. The molecular formula is C28H29FN6O2. The van der Waals surface area contributed by atoms with Crippen molar-refractivity contribution in [3.8, 4) is 0 Å². The molecule has 0 radical (unpaired) electrons. The number of rotatable bonds is 9. The van der Waals surface area contributed by atoms with E-state index in [2.05, 4.69) is 45.3 Å². The lowest BCUT2D eigenvalue weighted by Gasteiger charge is -2.29. The molecule has 8 nitrogen and oxygen atoms in total. The molecule has 0 amide bonds. The van der Waals surface area contributed by atoms with Gasteiger partial charge < -0.3 is 9.40 Å². The number of tetrazole rings is 1. The van der Waals surface area contributed by atoms with Crippen LogP contribution >= 0.6 is 0 Å². The second-order valence-corrected chi connectivity index (χ2v) is 9.40. The third kappa shape index (κ3) is 5.36. The highest BCUT2D eigenvalue weighted by Crippen LogP contribution is 2.27.